The molecule has 1 saturated heterocycles. The maximum absolute atomic E-state index is 14.1. The lowest BCUT2D eigenvalue weighted by atomic mass is 9.83. The van der Waals surface area contributed by atoms with Crippen LogP contribution in [0.25, 0.3) is 0 Å². The SMILES string of the molecule is CCC.CCC(C)CC(NC(=O)[C@@H]1CCCN1C(=O)C(NC(=O)NC1(Cc2cccc(OC)c2)CCCCCC1)C(C)(C)C)C(=O)C(N)=O. The molecule has 3 unspecified atom stereocenters. The van der Waals surface area contributed by atoms with Crippen LogP contribution >= 0.6 is 0 Å². The lowest BCUT2D eigenvalue weighted by molar-refractivity contribution is -0.143. The van der Waals surface area contributed by atoms with Gasteiger partial charge < -0.3 is 31.3 Å². The van der Waals surface area contributed by atoms with E-state index in [0.717, 1.165) is 56.3 Å². The number of hydrogen-bond acceptors (Lipinski definition) is 6. The number of hydrogen-bond donors (Lipinski definition) is 4. The second-order valence-corrected chi connectivity index (χ2v) is 15.1. The van der Waals surface area contributed by atoms with E-state index < -0.39 is 52.7 Å². The van der Waals surface area contributed by atoms with Crippen LogP contribution in [0.2, 0.25) is 0 Å². The largest absolute Gasteiger partial charge is 0.497 e. The first-order chi connectivity index (χ1) is 23.1. The number of benzene rings is 1. The highest BCUT2D eigenvalue weighted by molar-refractivity contribution is 6.37. The number of Topliss-reactive ketones (excluding diaryl/α,β-unsaturated/α-hetero) is 1. The summed E-state index contributed by atoms with van der Waals surface area (Å²) in [5, 5.41) is 8.99. The molecule has 0 spiro atoms. The number of nitrogens with zero attached hydrogens (tertiary/aromatic N) is 1. The predicted molar refractivity (Wildman–Crippen MR) is 193 cm³/mol. The van der Waals surface area contributed by atoms with Crippen molar-refractivity contribution in [2.75, 3.05) is 13.7 Å². The van der Waals surface area contributed by atoms with Gasteiger partial charge in [-0.05, 0) is 67.6 Å². The van der Waals surface area contributed by atoms with Crippen molar-refractivity contribution in [2.45, 2.75) is 149 Å². The number of carbonyl (C=O) groups excluding carboxylic acids is 5. The van der Waals surface area contributed by atoms with Crippen LogP contribution in [-0.2, 0) is 25.6 Å². The third-order valence-electron chi connectivity index (χ3n) is 9.55. The quantitative estimate of drug-likeness (QED) is 0.160. The fourth-order valence-corrected chi connectivity index (χ4v) is 6.69. The summed E-state index contributed by atoms with van der Waals surface area (Å²) in [5.41, 5.74) is 5.20. The Bertz CT molecular complexity index is 1250. The van der Waals surface area contributed by atoms with Crippen LogP contribution in [0.5, 0.6) is 5.75 Å². The maximum atomic E-state index is 14.1. The first-order valence-electron chi connectivity index (χ1n) is 18.3. The van der Waals surface area contributed by atoms with Gasteiger partial charge in [-0.25, -0.2) is 4.79 Å². The summed E-state index contributed by atoms with van der Waals surface area (Å²) in [6, 6.07) is 4.67. The Hall–Kier alpha value is -3.63. The minimum atomic E-state index is -1.10. The number of methoxy groups -OCH3 is 1. The number of ether oxygens (including phenoxy) is 1. The number of amides is 5. The van der Waals surface area contributed by atoms with E-state index in [1.807, 2.05) is 58.9 Å². The summed E-state index contributed by atoms with van der Waals surface area (Å²) in [7, 11) is 1.64. The zero-order chi connectivity index (χ0) is 36.8. The van der Waals surface area contributed by atoms with E-state index in [0.29, 0.717) is 25.8 Å². The molecule has 276 valence electrons. The van der Waals surface area contributed by atoms with Crippen molar-refractivity contribution < 1.29 is 28.7 Å². The topological polar surface area (TPSA) is 160 Å². The Labute approximate surface area is 294 Å². The summed E-state index contributed by atoms with van der Waals surface area (Å²) in [4.78, 5) is 67.2. The van der Waals surface area contributed by atoms with Crippen molar-refractivity contribution in [1.29, 1.82) is 0 Å². The van der Waals surface area contributed by atoms with Gasteiger partial charge in [0.15, 0.2) is 0 Å². The number of ketones is 1. The smallest absolute Gasteiger partial charge is 0.315 e. The Balaban J connectivity index is 0.00000267. The van der Waals surface area contributed by atoms with Crippen LogP contribution < -0.4 is 26.4 Å². The molecule has 5 N–H and O–H groups in total. The van der Waals surface area contributed by atoms with Gasteiger partial charge in [0, 0.05) is 12.1 Å². The van der Waals surface area contributed by atoms with Gasteiger partial charge in [0.1, 0.15) is 17.8 Å². The van der Waals surface area contributed by atoms with Gasteiger partial charge in [-0.15, -0.1) is 0 Å². The second kappa shape index (κ2) is 19.5. The van der Waals surface area contributed by atoms with E-state index in [4.69, 9.17) is 10.5 Å². The number of rotatable bonds is 13. The normalized spacial score (nSPS) is 19.2. The van der Waals surface area contributed by atoms with E-state index in [1.165, 1.54) is 11.3 Å². The predicted octanol–water partition coefficient (Wildman–Crippen LogP) is 5.43. The van der Waals surface area contributed by atoms with Crippen LogP contribution in [0.15, 0.2) is 24.3 Å². The van der Waals surface area contributed by atoms with E-state index in [1.54, 1.807) is 7.11 Å². The lowest BCUT2D eigenvalue weighted by Gasteiger charge is -2.38. The number of nitrogens with two attached hydrogens (primary N) is 1. The van der Waals surface area contributed by atoms with Gasteiger partial charge in [-0.3, -0.25) is 19.2 Å². The van der Waals surface area contributed by atoms with Crippen molar-refractivity contribution in [1.82, 2.24) is 20.9 Å². The molecule has 1 saturated carbocycles. The minimum absolute atomic E-state index is 0.0728. The van der Waals surface area contributed by atoms with Crippen LogP contribution in [-0.4, -0.2) is 71.8 Å². The molecular weight excluding hydrogens is 622 g/mol. The van der Waals surface area contributed by atoms with E-state index >= 15 is 0 Å². The van der Waals surface area contributed by atoms with Crippen molar-refractivity contribution in [3.05, 3.63) is 29.8 Å². The molecule has 1 aliphatic carbocycles. The summed E-state index contributed by atoms with van der Waals surface area (Å²) in [6.07, 6.45) is 9.76. The molecule has 3 rings (SSSR count). The molecule has 1 aromatic carbocycles. The fraction of sp³-hybridized carbons (Fsp3) is 0.711. The van der Waals surface area contributed by atoms with Gasteiger partial charge in [0.2, 0.25) is 17.6 Å². The molecule has 49 heavy (non-hydrogen) atoms. The molecular formula is C38H63N5O6. The highest BCUT2D eigenvalue weighted by atomic mass is 16.5. The highest BCUT2D eigenvalue weighted by Crippen LogP contribution is 2.32. The minimum Gasteiger partial charge on any atom is -0.497 e. The average molecular weight is 686 g/mol. The van der Waals surface area contributed by atoms with Crippen molar-refractivity contribution >= 4 is 29.5 Å². The molecule has 5 amide bonds. The third-order valence-corrected chi connectivity index (χ3v) is 9.55. The summed E-state index contributed by atoms with van der Waals surface area (Å²) < 4.78 is 5.43. The lowest BCUT2D eigenvalue weighted by Crippen LogP contribution is -2.62. The molecule has 1 aromatic rings. The van der Waals surface area contributed by atoms with Crippen LogP contribution in [0.1, 0.15) is 125 Å². The van der Waals surface area contributed by atoms with Gasteiger partial charge in [-0.2, -0.15) is 0 Å². The number of primary amides is 1. The van der Waals surface area contributed by atoms with Crippen LogP contribution in [0, 0.1) is 11.3 Å². The van der Waals surface area contributed by atoms with E-state index in [2.05, 4.69) is 29.8 Å². The third kappa shape index (κ3) is 12.6. The number of likely N-dealkylation sites (tertiary alicyclic amines) is 1. The molecule has 2 aliphatic rings. The number of nitrogens with one attached hydrogen (secondary N) is 3. The number of carbonyl (C=O) groups is 5. The summed E-state index contributed by atoms with van der Waals surface area (Å²) in [6.45, 7) is 14.1. The fourth-order valence-electron chi connectivity index (χ4n) is 6.69. The molecule has 1 heterocycles. The zero-order valence-electron chi connectivity index (χ0n) is 31.3. The second-order valence-electron chi connectivity index (χ2n) is 15.1. The molecule has 4 atom stereocenters. The molecule has 0 aromatic heterocycles. The van der Waals surface area contributed by atoms with Gasteiger partial charge in [0.05, 0.1) is 13.2 Å². The summed E-state index contributed by atoms with van der Waals surface area (Å²) >= 11 is 0. The van der Waals surface area contributed by atoms with Crippen molar-refractivity contribution in [2.24, 2.45) is 17.1 Å². The first-order valence-corrected chi connectivity index (χ1v) is 18.3. The van der Waals surface area contributed by atoms with Gasteiger partial charge in [0.25, 0.3) is 5.91 Å². The van der Waals surface area contributed by atoms with E-state index in [-0.39, 0.29) is 18.2 Å². The molecule has 2 fully saturated rings. The molecule has 0 radical (unpaired) electrons. The maximum Gasteiger partial charge on any atom is 0.315 e. The Kier molecular flexibility index (Phi) is 16.6. The first kappa shape index (κ1) is 41.5. The van der Waals surface area contributed by atoms with Crippen LogP contribution in [0.3, 0.4) is 0 Å². The Morgan fingerprint density at radius 1 is 1.00 bits per heavy atom. The van der Waals surface area contributed by atoms with Gasteiger partial charge in [-0.1, -0.05) is 99.1 Å². The molecule has 0 bridgehead atoms. The Morgan fingerprint density at radius 2 is 1.63 bits per heavy atom. The highest BCUT2D eigenvalue weighted by Gasteiger charge is 2.43. The Morgan fingerprint density at radius 3 is 2.18 bits per heavy atom. The number of urea groups is 1. The zero-order valence-corrected chi connectivity index (χ0v) is 31.3. The molecule has 1 aliphatic heterocycles. The monoisotopic (exact) mass is 685 g/mol. The standard InChI is InChI=1S/C35H55N5O6.C3H8/c1-7-23(2)20-26(28(41)30(36)42)37-31(43)27-16-13-19-40(27)32(44)29(34(3,4)5)38-33(45)39-35(17-10-8-9-11-18-35)22-24-14-12-15-25(21-24)46-6;1-3-2/h12,14-15,21,23,26-27,29H,7-11,13,16-20,22H2,1-6H3,(H2,36,42)(H,37,43)(H2,38,39,45);3H2,1-2H3/t23?,26?,27-,29?;/m0./s1. The van der Waals surface area contributed by atoms with Crippen LogP contribution in [0.4, 0.5) is 4.79 Å². The van der Waals surface area contributed by atoms with Crippen molar-refractivity contribution in [3.63, 3.8) is 0 Å². The van der Waals surface area contributed by atoms with Gasteiger partial charge >= 0.3 is 6.03 Å². The average Bonchev–Trinajstić information content (AvgIpc) is 3.44. The van der Waals surface area contributed by atoms with Crippen molar-refractivity contribution in [3.8, 4) is 5.75 Å². The molecule has 11 heteroatoms. The molecule has 11 nitrogen and oxygen atoms in total. The summed E-state index contributed by atoms with van der Waals surface area (Å²) in [5.74, 6) is -1.98. The van der Waals surface area contributed by atoms with E-state index in [9.17, 15) is 24.0 Å².